The van der Waals surface area contributed by atoms with Crippen molar-refractivity contribution in [3.63, 3.8) is 0 Å². The van der Waals surface area contributed by atoms with Crippen LogP contribution in [0.25, 0.3) is 0 Å². The van der Waals surface area contributed by atoms with E-state index in [1.54, 1.807) is 4.90 Å². The molecular weight excluding hydrogens is 606 g/mol. The first-order chi connectivity index (χ1) is 21.8. The van der Waals surface area contributed by atoms with Crippen molar-refractivity contribution < 1.29 is 27.1 Å². The Kier molecular flexibility index (Phi) is 9.39. The van der Waals surface area contributed by atoms with E-state index >= 15 is 0 Å². The summed E-state index contributed by atoms with van der Waals surface area (Å²) in [6.45, 7) is 6.40. The number of alkyl halides is 3. The van der Waals surface area contributed by atoms with Crippen LogP contribution >= 0.6 is 0 Å². The molecule has 1 amide bonds. The standard InChI is InChI=1S/C31H37F4N9O2/c1-18-13-24(38)23(14-37)27(26(18)31(33,34)35)42-10-7-22-25(16-42)39-30(46-17-21-5-4-9-41(21)3)40-28(22)43-11-12-44(29(45)19(2)32)20(15-43)6-8-36/h13-14,20-21,37H,2,4-7,9-12,15-17,38H2,1,3H3/t20-,21-/m0/s1. The molecule has 0 saturated carbocycles. The van der Waals surface area contributed by atoms with E-state index in [1.165, 1.54) is 17.9 Å². The molecule has 46 heavy (non-hydrogen) atoms. The number of nitrogen functional groups attached to an aromatic ring is 1. The Labute approximate surface area is 264 Å². The molecule has 0 bridgehead atoms. The first-order valence-corrected chi connectivity index (χ1v) is 15.1. The topological polar surface area (TPSA) is 139 Å². The van der Waals surface area contributed by atoms with Gasteiger partial charge in [-0.2, -0.15) is 28.4 Å². The van der Waals surface area contributed by atoms with Gasteiger partial charge in [0.25, 0.3) is 5.91 Å². The maximum atomic E-state index is 14.4. The zero-order valence-electron chi connectivity index (χ0n) is 25.8. The van der Waals surface area contributed by atoms with Crippen LogP contribution in [0.4, 0.5) is 34.8 Å². The summed E-state index contributed by atoms with van der Waals surface area (Å²) in [4.78, 5) is 28.8. The molecule has 11 nitrogen and oxygen atoms in total. The fourth-order valence-corrected chi connectivity index (χ4v) is 6.70. The first kappa shape index (κ1) is 32.9. The van der Waals surface area contributed by atoms with Crippen molar-refractivity contribution in [3.05, 3.63) is 46.4 Å². The van der Waals surface area contributed by atoms with Gasteiger partial charge in [0.1, 0.15) is 12.4 Å². The number of likely N-dealkylation sites (tertiary alicyclic amines) is 1. The Hall–Kier alpha value is -4.45. The maximum Gasteiger partial charge on any atom is 0.418 e. The number of hydrogen-bond donors (Lipinski definition) is 2. The monoisotopic (exact) mass is 643 g/mol. The van der Waals surface area contributed by atoms with Crippen molar-refractivity contribution in [1.82, 2.24) is 19.8 Å². The molecule has 3 aliphatic rings. The van der Waals surface area contributed by atoms with E-state index in [2.05, 4.69) is 22.5 Å². The fourth-order valence-electron chi connectivity index (χ4n) is 6.70. The van der Waals surface area contributed by atoms with Gasteiger partial charge in [-0.15, -0.1) is 0 Å². The third-order valence-electron chi connectivity index (χ3n) is 9.01. The number of piperazine rings is 1. The zero-order valence-corrected chi connectivity index (χ0v) is 25.8. The van der Waals surface area contributed by atoms with Crippen molar-refractivity contribution in [3.8, 4) is 12.1 Å². The van der Waals surface area contributed by atoms with Crippen LogP contribution in [0.3, 0.4) is 0 Å². The summed E-state index contributed by atoms with van der Waals surface area (Å²) in [6, 6.07) is 2.88. The summed E-state index contributed by atoms with van der Waals surface area (Å²) in [5, 5.41) is 17.4. The number of aromatic nitrogens is 2. The van der Waals surface area contributed by atoms with E-state index in [0.717, 1.165) is 25.6 Å². The predicted molar refractivity (Wildman–Crippen MR) is 165 cm³/mol. The predicted octanol–water partition coefficient (Wildman–Crippen LogP) is 3.83. The van der Waals surface area contributed by atoms with E-state index in [-0.39, 0.29) is 80.1 Å². The number of amides is 1. The summed E-state index contributed by atoms with van der Waals surface area (Å²) in [5.74, 6) is -1.48. The van der Waals surface area contributed by atoms with Gasteiger partial charge in [-0.3, -0.25) is 4.79 Å². The lowest BCUT2D eigenvalue weighted by molar-refractivity contribution is -0.137. The van der Waals surface area contributed by atoms with Crippen LogP contribution in [-0.2, 0) is 23.9 Å². The largest absolute Gasteiger partial charge is 0.462 e. The highest BCUT2D eigenvalue weighted by Crippen LogP contribution is 2.44. The van der Waals surface area contributed by atoms with E-state index in [1.807, 2.05) is 11.9 Å². The van der Waals surface area contributed by atoms with Gasteiger partial charge in [0.15, 0.2) is 5.83 Å². The highest BCUT2D eigenvalue weighted by molar-refractivity contribution is 5.95. The van der Waals surface area contributed by atoms with Crippen LogP contribution in [0, 0.1) is 23.7 Å². The summed E-state index contributed by atoms with van der Waals surface area (Å²) in [5.41, 5.74) is 6.25. The molecule has 2 aromatic rings. The molecule has 2 saturated heterocycles. The smallest absolute Gasteiger partial charge is 0.418 e. The van der Waals surface area contributed by atoms with E-state index < -0.39 is 29.5 Å². The highest BCUT2D eigenvalue weighted by atomic mass is 19.4. The zero-order chi connectivity index (χ0) is 33.3. The van der Waals surface area contributed by atoms with Crippen LogP contribution < -0.4 is 20.3 Å². The average molecular weight is 644 g/mol. The molecule has 1 aromatic heterocycles. The highest BCUT2D eigenvalue weighted by Gasteiger charge is 2.40. The lowest BCUT2D eigenvalue weighted by atomic mass is 9.96. The molecule has 0 radical (unpaired) electrons. The summed E-state index contributed by atoms with van der Waals surface area (Å²) >= 11 is 0. The molecule has 0 spiro atoms. The molecule has 5 rings (SSSR count). The van der Waals surface area contributed by atoms with Crippen LogP contribution in [0.2, 0.25) is 0 Å². The maximum absolute atomic E-state index is 14.4. The number of benzene rings is 1. The molecule has 2 atom stereocenters. The molecule has 4 heterocycles. The van der Waals surface area contributed by atoms with Crippen LogP contribution in [0.15, 0.2) is 18.5 Å². The number of halogens is 4. The number of ether oxygens (including phenoxy) is 1. The van der Waals surface area contributed by atoms with Gasteiger partial charge in [-0.05, 0) is 51.4 Å². The number of aryl methyl sites for hydroxylation is 1. The van der Waals surface area contributed by atoms with E-state index in [4.69, 9.17) is 20.9 Å². The number of carbonyl (C=O) groups excluding carboxylic acids is 1. The second-order valence-electron chi connectivity index (χ2n) is 11.9. The third kappa shape index (κ3) is 6.44. The molecule has 3 aliphatic heterocycles. The Morgan fingerprint density at radius 3 is 2.63 bits per heavy atom. The fraction of sp³-hybridized carbons (Fsp3) is 0.516. The van der Waals surface area contributed by atoms with Gasteiger partial charge < -0.3 is 35.5 Å². The average Bonchev–Trinajstić information content (AvgIpc) is 3.42. The number of nitrogens with zero attached hydrogens (tertiary/aromatic N) is 7. The molecule has 0 unspecified atom stereocenters. The number of nitriles is 1. The van der Waals surface area contributed by atoms with Crippen molar-refractivity contribution in [2.75, 3.05) is 61.9 Å². The first-order valence-electron chi connectivity index (χ1n) is 15.1. The SMILES string of the molecule is C=C(F)C(=O)N1CCN(c2nc(OC[C@@H]3CCCN3C)nc3c2CCN(c2c(C=N)c(N)cc(C)c2C(F)(F)F)C3)C[C@@H]1CC#N. The molecule has 0 aliphatic carbocycles. The van der Waals surface area contributed by atoms with Gasteiger partial charge in [0.2, 0.25) is 0 Å². The van der Waals surface area contributed by atoms with Gasteiger partial charge in [0, 0.05) is 55.2 Å². The van der Waals surface area contributed by atoms with E-state index in [0.29, 0.717) is 23.7 Å². The number of nitrogens with one attached hydrogen (secondary N) is 1. The van der Waals surface area contributed by atoms with Gasteiger partial charge in [-0.1, -0.05) is 6.58 Å². The molecule has 246 valence electrons. The molecule has 1 aromatic carbocycles. The Morgan fingerprint density at radius 2 is 2.00 bits per heavy atom. The number of anilines is 3. The number of fused-ring (bicyclic) bond motifs is 1. The van der Waals surface area contributed by atoms with Crippen LogP contribution in [-0.4, -0.2) is 90.4 Å². The molecule has 3 N–H and O–H groups in total. The van der Waals surface area contributed by atoms with Gasteiger partial charge in [0.05, 0.1) is 42.0 Å². The van der Waals surface area contributed by atoms with Crippen LogP contribution in [0.5, 0.6) is 6.01 Å². The van der Waals surface area contributed by atoms with Crippen LogP contribution in [0.1, 0.15) is 47.2 Å². The second-order valence-corrected chi connectivity index (χ2v) is 11.9. The quantitative estimate of drug-likeness (QED) is 0.190. The third-order valence-corrected chi connectivity index (χ3v) is 9.01. The Bertz CT molecular complexity index is 1570. The van der Waals surface area contributed by atoms with Gasteiger partial charge in [-0.25, -0.2) is 4.39 Å². The normalized spacial score (nSPS) is 20.3. The Balaban J connectivity index is 1.55. The number of likely N-dealkylation sites (N-methyl/N-ethyl adjacent to an activating group) is 1. The number of hydrogen-bond acceptors (Lipinski definition) is 10. The molecule has 15 heteroatoms. The molecule has 2 fully saturated rings. The lowest BCUT2D eigenvalue weighted by Gasteiger charge is -2.42. The minimum absolute atomic E-state index is 0.0222. The number of rotatable bonds is 8. The summed E-state index contributed by atoms with van der Waals surface area (Å²) in [6.07, 6.45) is -1.66. The van der Waals surface area contributed by atoms with Crippen molar-refractivity contribution in [2.45, 2.75) is 57.4 Å². The minimum atomic E-state index is -4.69. The minimum Gasteiger partial charge on any atom is -0.462 e. The Morgan fingerprint density at radius 1 is 1.24 bits per heavy atom. The van der Waals surface area contributed by atoms with Crippen molar-refractivity contribution >= 4 is 29.3 Å². The summed E-state index contributed by atoms with van der Waals surface area (Å²) in [7, 11) is 2.01. The number of carbonyl (C=O) groups is 1. The summed E-state index contributed by atoms with van der Waals surface area (Å²) < 4.78 is 63.2. The second kappa shape index (κ2) is 13.1. The van der Waals surface area contributed by atoms with E-state index in [9.17, 15) is 27.6 Å². The van der Waals surface area contributed by atoms with Crippen molar-refractivity contribution in [1.29, 1.82) is 10.7 Å². The van der Waals surface area contributed by atoms with Gasteiger partial charge >= 0.3 is 12.2 Å². The number of nitrogens with two attached hydrogens (primary N) is 1. The van der Waals surface area contributed by atoms with Crippen molar-refractivity contribution in [2.24, 2.45) is 0 Å². The lowest BCUT2D eigenvalue weighted by Crippen LogP contribution is -2.55. The molecular formula is C31H37F4N9O2.